The van der Waals surface area contributed by atoms with Gasteiger partial charge in [0.2, 0.25) is 0 Å². The number of ketones is 1. The zero-order valence-corrected chi connectivity index (χ0v) is 11.9. The Balaban J connectivity index is 1.98. The molecule has 0 bridgehead atoms. The second-order valence-electron chi connectivity index (χ2n) is 4.58. The molecule has 2 nitrogen and oxygen atoms in total. The van der Waals surface area contributed by atoms with Gasteiger partial charge in [-0.05, 0) is 48.7 Å². The highest BCUT2D eigenvalue weighted by Gasteiger charge is 2.16. The van der Waals surface area contributed by atoms with Gasteiger partial charge in [0.25, 0.3) is 0 Å². The van der Waals surface area contributed by atoms with Crippen molar-refractivity contribution < 1.29 is 9.53 Å². The van der Waals surface area contributed by atoms with Crippen molar-refractivity contribution in [2.24, 2.45) is 0 Å². The van der Waals surface area contributed by atoms with Gasteiger partial charge in [0.1, 0.15) is 5.75 Å². The second kappa shape index (κ2) is 5.17. The third-order valence-corrected chi connectivity index (χ3v) is 3.98. The molecule has 0 aliphatic carbocycles. The van der Waals surface area contributed by atoms with Crippen LogP contribution >= 0.6 is 15.9 Å². The van der Waals surface area contributed by atoms with Crippen LogP contribution in [0.25, 0.3) is 0 Å². The van der Waals surface area contributed by atoms with Gasteiger partial charge in [-0.1, -0.05) is 28.1 Å². The first kappa shape index (κ1) is 12.4. The first-order valence-electron chi connectivity index (χ1n) is 6.30. The molecule has 96 valence electrons. The minimum atomic E-state index is 0.0425. The Morgan fingerprint density at radius 3 is 2.84 bits per heavy atom. The van der Waals surface area contributed by atoms with E-state index in [2.05, 4.69) is 15.9 Å². The molecule has 3 heteroatoms. The lowest BCUT2D eigenvalue weighted by molar-refractivity contribution is 0.103. The maximum absolute atomic E-state index is 12.5. The predicted molar refractivity (Wildman–Crippen MR) is 77.8 cm³/mol. The van der Waals surface area contributed by atoms with Crippen molar-refractivity contribution in [1.29, 1.82) is 0 Å². The van der Waals surface area contributed by atoms with Crippen molar-refractivity contribution in [3.8, 4) is 5.75 Å². The number of hydrogen-bond acceptors (Lipinski definition) is 2. The smallest absolute Gasteiger partial charge is 0.194 e. The van der Waals surface area contributed by atoms with Gasteiger partial charge in [-0.2, -0.15) is 0 Å². The van der Waals surface area contributed by atoms with Gasteiger partial charge >= 0.3 is 0 Å². The number of carbonyl (C=O) groups is 1. The number of ether oxygens (including phenoxy) is 1. The molecule has 0 atom stereocenters. The van der Waals surface area contributed by atoms with E-state index in [1.165, 1.54) is 0 Å². The third-order valence-electron chi connectivity index (χ3n) is 3.29. The molecule has 2 aromatic carbocycles. The van der Waals surface area contributed by atoms with Crippen LogP contribution in [0, 0.1) is 0 Å². The Morgan fingerprint density at radius 2 is 2.00 bits per heavy atom. The molecule has 19 heavy (non-hydrogen) atoms. The lowest BCUT2D eigenvalue weighted by Gasteiger charge is -2.17. The van der Waals surface area contributed by atoms with Gasteiger partial charge in [0.05, 0.1) is 6.61 Å². The van der Waals surface area contributed by atoms with Crippen molar-refractivity contribution >= 4 is 21.7 Å². The van der Waals surface area contributed by atoms with Gasteiger partial charge in [-0.15, -0.1) is 0 Å². The van der Waals surface area contributed by atoms with Crippen LogP contribution in [-0.2, 0) is 6.42 Å². The number of rotatable bonds is 2. The number of halogens is 1. The third kappa shape index (κ3) is 2.43. The Labute approximate surface area is 120 Å². The van der Waals surface area contributed by atoms with Crippen LogP contribution in [0.4, 0.5) is 0 Å². The standard InChI is InChI=1S/C16H13BrO2/c17-14-6-2-1-5-13(14)16(18)12-7-8-15-11(10-12)4-3-9-19-15/h1-2,5-8,10H,3-4,9H2. The molecule has 0 aromatic heterocycles. The Kier molecular flexibility index (Phi) is 3.38. The van der Waals surface area contributed by atoms with Gasteiger partial charge in [0, 0.05) is 15.6 Å². The molecule has 0 saturated carbocycles. The summed E-state index contributed by atoms with van der Waals surface area (Å²) in [7, 11) is 0. The van der Waals surface area contributed by atoms with E-state index in [9.17, 15) is 4.79 Å². The first-order chi connectivity index (χ1) is 9.25. The van der Waals surface area contributed by atoms with Crippen LogP contribution < -0.4 is 4.74 Å². The maximum Gasteiger partial charge on any atom is 0.194 e. The molecule has 0 radical (unpaired) electrons. The van der Waals surface area contributed by atoms with E-state index in [1.54, 1.807) is 0 Å². The SMILES string of the molecule is O=C(c1ccc2c(c1)CCCO2)c1ccccc1Br. The summed E-state index contributed by atoms with van der Waals surface area (Å²) in [4.78, 5) is 12.5. The van der Waals surface area contributed by atoms with Crippen LogP contribution in [0.15, 0.2) is 46.9 Å². The number of fused-ring (bicyclic) bond motifs is 1. The quantitative estimate of drug-likeness (QED) is 0.783. The van der Waals surface area contributed by atoms with Crippen molar-refractivity contribution in [3.05, 3.63) is 63.6 Å². The summed E-state index contributed by atoms with van der Waals surface area (Å²) in [6, 6.07) is 13.2. The molecule has 1 aliphatic rings. The van der Waals surface area contributed by atoms with Gasteiger partial charge in [0.15, 0.2) is 5.78 Å². The molecule has 0 saturated heterocycles. The van der Waals surface area contributed by atoms with E-state index in [-0.39, 0.29) is 5.78 Å². The molecule has 0 spiro atoms. The molecule has 0 fully saturated rings. The zero-order chi connectivity index (χ0) is 13.2. The minimum Gasteiger partial charge on any atom is -0.493 e. The lowest BCUT2D eigenvalue weighted by Crippen LogP contribution is -2.10. The summed E-state index contributed by atoms with van der Waals surface area (Å²) in [5, 5.41) is 0. The molecule has 0 unspecified atom stereocenters. The van der Waals surface area contributed by atoms with E-state index in [0.717, 1.165) is 40.8 Å². The second-order valence-corrected chi connectivity index (χ2v) is 5.44. The van der Waals surface area contributed by atoms with Gasteiger partial charge < -0.3 is 4.74 Å². The van der Waals surface area contributed by atoms with Crippen molar-refractivity contribution in [3.63, 3.8) is 0 Å². The first-order valence-corrected chi connectivity index (χ1v) is 7.10. The molecular weight excluding hydrogens is 304 g/mol. The van der Waals surface area contributed by atoms with Crippen LogP contribution in [0.5, 0.6) is 5.75 Å². The van der Waals surface area contributed by atoms with E-state index in [0.29, 0.717) is 5.56 Å². The van der Waals surface area contributed by atoms with Gasteiger partial charge in [-0.25, -0.2) is 0 Å². The van der Waals surface area contributed by atoms with Crippen LogP contribution in [0.3, 0.4) is 0 Å². The van der Waals surface area contributed by atoms with Crippen molar-refractivity contribution in [2.75, 3.05) is 6.61 Å². The largest absolute Gasteiger partial charge is 0.493 e. The highest BCUT2D eigenvalue weighted by Crippen LogP contribution is 2.27. The van der Waals surface area contributed by atoms with Crippen molar-refractivity contribution in [1.82, 2.24) is 0 Å². The Hall–Kier alpha value is -1.61. The molecule has 1 aliphatic heterocycles. The number of aryl methyl sites for hydroxylation is 1. The Morgan fingerprint density at radius 1 is 1.16 bits per heavy atom. The molecule has 0 amide bonds. The summed E-state index contributed by atoms with van der Waals surface area (Å²) >= 11 is 3.42. The molecule has 2 aromatic rings. The number of hydrogen-bond donors (Lipinski definition) is 0. The number of benzene rings is 2. The van der Waals surface area contributed by atoms with Gasteiger partial charge in [-0.3, -0.25) is 4.79 Å². The molecule has 1 heterocycles. The van der Waals surface area contributed by atoms with E-state index < -0.39 is 0 Å². The molecule has 0 N–H and O–H groups in total. The zero-order valence-electron chi connectivity index (χ0n) is 10.4. The topological polar surface area (TPSA) is 26.3 Å². The maximum atomic E-state index is 12.5. The molecular formula is C16H13BrO2. The summed E-state index contributed by atoms with van der Waals surface area (Å²) in [6.07, 6.45) is 1.99. The van der Waals surface area contributed by atoms with E-state index >= 15 is 0 Å². The average molecular weight is 317 g/mol. The summed E-state index contributed by atoms with van der Waals surface area (Å²) in [6.45, 7) is 0.768. The minimum absolute atomic E-state index is 0.0425. The van der Waals surface area contributed by atoms with Crippen LogP contribution in [0.1, 0.15) is 27.9 Å². The monoisotopic (exact) mass is 316 g/mol. The fraction of sp³-hybridized carbons (Fsp3) is 0.188. The highest BCUT2D eigenvalue weighted by atomic mass is 79.9. The van der Waals surface area contributed by atoms with E-state index in [4.69, 9.17) is 4.74 Å². The summed E-state index contributed by atoms with van der Waals surface area (Å²) in [5.41, 5.74) is 2.54. The van der Waals surface area contributed by atoms with Crippen LogP contribution in [-0.4, -0.2) is 12.4 Å². The Bertz CT molecular complexity index is 634. The van der Waals surface area contributed by atoms with Crippen molar-refractivity contribution in [2.45, 2.75) is 12.8 Å². The fourth-order valence-electron chi connectivity index (χ4n) is 2.30. The summed E-state index contributed by atoms with van der Waals surface area (Å²) in [5.74, 6) is 0.954. The lowest BCUT2D eigenvalue weighted by atomic mass is 9.98. The molecule has 3 rings (SSSR count). The van der Waals surface area contributed by atoms with E-state index in [1.807, 2.05) is 42.5 Å². The summed E-state index contributed by atoms with van der Waals surface area (Å²) < 4.78 is 6.39. The fourth-order valence-corrected chi connectivity index (χ4v) is 2.77. The highest BCUT2D eigenvalue weighted by molar-refractivity contribution is 9.10. The normalized spacial score (nSPS) is 13.5. The van der Waals surface area contributed by atoms with Crippen LogP contribution in [0.2, 0.25) is 0 Å². The average Bonchev–Trinajstić information content (AvgIpc) is 2.46. The predicted octanol–water partition coefficient (Wildman–Crippen LogP) is 4.01. The number of carbonyl (C=O) groups excluding carboxylic acids is 1.